The number of amides is 2. The molecule has 0 heterocycles. The molecule has 148 valence electrons. The minimum atomic E-state index is -0.620. The zero-order chi connectivity index (χ0) is 20.1. The smallest absolute Gasteiger partial charge is 0.230 e. The summed E-state index contributed by atoms with van der Waals surface area (Å²) in [5.74, 6) is -0.538. The molecule has 0 atom stereocenters. The fraction of sp³-hybridized carbons (Fsp3) is 0.364. The molecule has 1 aliphatic rings. The van der Waals surface area contributed by atoms with E-state index < -0.39 is 5.41 Å². The number of halogens is 2. The zero-order valence-electron chi connectivity index (χ0n) is 15.9. The van der Waals surface area contributed by atoms with Gasteiger partial charge in [0, 0.05) is 23.1 Å². The number of carbonyl (C=O) groups is 2. The third-order valence-electron chi connectivity index (χ3n) is 5.40. The van der Waals surface area contributed by atoms with Crippen LogP contribution in [0, 0.1) is 12.7 Å². The summed E-state index contributed by atoms with van der Waals surface area (Å²) in [5.41, 5.74) is 1.95. The Morgan fingerprint density at radius 2 is 1.79 bits per heavy atom. The molecule has 0 bridgehead atoms. The summed E-state index contributed by atoms with van der Waals surface area (Å²) in [6.45, 7) is 2.19. The quantitative estimate of drug-likeness (QED) is 0.665. The molecule has 1 aliphatic carbocycles. The van der Waals surface area contributed by atoms with Crippen molar-refractivity contribution in [3.63, 3.8) is 0 Å². The maximum Gasteiger partial charge on any atom is 0.230 e. The molecule has 0 aliphatic heterocycles. The molecule has 4 nitrogen and oxygen atoms in total. The van der Waals surface area contributed by atoms with E-state index in [-0.39, 0.29) is 30.6 Å². The predicted molar refractivity (Wildman–Crippen MR) is 112 cm³/mol. The molecule has 0 radical (unpaired) electrons. The van der Waals surface area contributed by atoms with Gasteiger partial charge in [0.2, 0.25) is 11.8 Å². The highest BCUT2D eigenvalue weighted by Gasteiger charge is 2.42. The first-order chi connectivity index (χ1) is 13.4. The van der Waals surface area contributed by atoms with Gasteiger partial charge in [-0.25, -0.2) is 4.39 Å². The average Bonchev–Trinajstić information content (AvgIpc) is 3.16. The first-order valence-corrected chi connectivity index (χ1v) is 10.3. The van der Waals surface area contributed by atoms with Crippen molar-refractivity contribution in [2.24, 2.45) is 0 Å². The van der Waals surface area contributed by atoms with Gasteiger partial charge in [-0.2, -0.15) is 0 Å². The first kappa shape index (κ1) is 20.5. The highest BCUT2D eigenvalue weighted by molar-refractivity contribution is 9.10. The van der Waals surface area contributed by atoms with Crippen molar-refractivity contribution >= 4 is 33.4 Å². The maximum atomic E-state index is 13.3. The number of aryl methyl sites for hydroxylation is 1. The number of carbonyl (C=O) groups excluding carboxylic acids is 2. The van der Waals surface area contributed by atoms with Crippen LogP contribution in [-0.4, -0.2) is 18.4 Å². The van der Waals surface area contributed by atoms with Crippen LogP contribution in [0.15, 0.2) is 46.9 Å². The summed E-state index contributed by atoms with van der Waals surface area (Å²) in [6, 6.07) is 11.9. The summed E-state index contributed by atoms with van der Waals surface area (Å²) in [6.07, 6.45) is 3.61. The number of hydrogen-bond acceptors (Lipinski definition) is 2. The minimum absolute atomic E-state index is 0.0805. The Hall–Kier alpha value is -2.21. The Balaban J connectivity index is 1.58. The molecular weight excluding hydrogens is 423 g/mol. The molecule has 1 fully saturated rings. The van der Waals surface area contributed by atoms with Gasteiger partial charge in [-0.15, -0.1) is 0 Å². The highest BCUT2D eigenvalue weighted by Crippen LogP contribution is 2.41. The van der Waals surface area contributed by atoms with Gasteiger partial charge in [-0.3, -0.25) is 9.59 Å². The van der Waals surface area contributed by atoms with Gasteiger partial charge in [0.25, 0.3) is 0 Å². The van der Waals surface area contributed by atoms with E-state index in [1.54, 1.807) is 12.1 Å². The van der Waals surface area contributed by atoms with Gasteiger partial charge < -0.3 is 10.6 Å². The van der Waals surface area contributed by atoms with Crippen LogP contribution in [0.25, 0.3) is 0 Å². The van der Waals surface area contributed by atoms with Gasteiger partial charge in [-0.05, 0) is 55.2 Å². The van der Waals surface area contributed by atoms with Crippen LogP contribution >= 0.6 is 15.9 Å². The fourth-order valence-electron chi connectivity index (χ4n) is 3.79. The van der Waals surface area contributed by atoms with Crippen molar-refractivity contribution in [1.82, 2.24) is 5.32 Å². The second kappa shape index (κ2) is 8.86. The molecule has 0 spiro atoms. The first-order valence-electron chi connectivity index (χ1n) is 9.51. The monoisotopic (exact) mass is 446 g/mol. The SMILES string of the molecule is Cc1ccc(Br)cc1NC(=O)CCNC(=O)C1(c2ccc(F)cc2)CCCC1. The maximum absolute atomic E-state index is 13.3. The second-order valence-electron chi connectivity index (χ2n) is 7.31. The number of nitrogens with one attached hydrogen (secondary N) is 2. The lowest BCUT2D eigenvalue weighted by Crippen LogP contribution is -2.43. The van der Waals surface area contributed by atoms with E-state index in [0.29, 0.717) is 0 Å². The van der Waals surface area contributed by atoms with Crippen molar-refractivity contribution in [3.8, 4) is 0 Å². The topological polar surface area (TPSA) is 58.2 Å². The summed E-state index contributed by atoms with van der Waals surface area (Å²) < 4.78 is 14.2. The molecule has 0 unspecified atom stereocenters. The second-order valence-corrected chi connectivity index (χ2v) is 8.23. The average molecular weight is 447 g/mol. The van der Waals surface area contributed by atoms with E-state index in [2.05, 4.69) is 26.6 Å². The number of hydrogen-bond donors (Lipinski definition) is 2. The van der Waals surface area contributed by atoms with Crippen molar-refractivity contribution in [2.45, 2.75) is 44.4 Å². The number of benzene rings is 2. The predicted octanol–water partition coefficient (Wildman–Crippen LogP) is 4.85. The summed E-state index contributed by atoms with van der Waals surface area (Å²) >= 11 is 3.40. The minimum Gasteiger partial charge on any atom is -0.355 e. The zero-order valence-corrected chi connectivity index (χ0v) is 17.4. The van der Waals surface area contributed by atoms with E-state index in [1.807, 2.05) is 25.1 Å². The number of anilines is 1. The Kier molecular flexibility index (Phi) is 6.50. The molecule has 28 heavy (non-hydrogen) atoms. The Morgan fingerprint density at radius 3 is 2.46 bits per heavy atom. The Labute approximate surface area is 173 Å². The van der Waals surface area contributed by atoms with Crippen molar-refractivity contribution in [3.05, 3.63) is 63.9 Å². The molecule has 2 aromatic rings. The third kappa shape index (κ3) is 4.61. The van der Waals surface area contributed by atoms with Crippen LogP contribution < -0.4 is 10.6 Å². The molecule has 0 saturated heterocycles. The standard InChI is InChI=1S/C22H24BrFN2O2/c1-15-4-7-17(23)14-19(15)26-20(27)10-13-25-21(28)22(11-2-3-12-22)16-5-8-18(24)9-6-16/h4-9,14H,2-3,10-13H2,1H3,(H,25,28)(H,26,27). The molecule has 3 rings (SSSR count). The molecule has 2 amide bonds. The van der Waals surface area contributed by atoms with Crippen LogP contribution in [0.5, 0.6) is 0 Å². The van der Waals surface area contributed by atoms with Gasteiger partial charge in [-0.1, -0.05) is 47.0 Å². The molecule has 1 saturated carbocycles. The van der Waals surface area contributed by atoms with Crippen molar-refractivity contribution in [1.29, 1.82) is 0 Å². The lowest BCUT2D eigenvalue weighted by Gasteiger charge is -2.28. The van der Waals surface area contributed by atoms with Crippen LogP contribution in [0.3, 0.4) is 0 Å². The van der Waals surface area contributed by atoms with Gasteiger partial charge in [0.15, 0.2) is 0 Å². The normalized spacial score (nSPS) is 15.2. The highest BCUT2D eigenvalue weighted by atomic mass is 79.9. The van der Waals surface area contributed by atoms with Gasteiger partial charge in [0.05, 0.1) is 5.41 Å². The van der Waals surface area contributed by atoms with E-state index in [0.717, 1.165) is 47.0 Å². The van der Waals surface area contributed by atoms with E-state index in [1.165, 1.54) is 12.1 Å². The molecular formula is C22H24BrFN2O2. The van der Waals surface area contributed by atoms with E-state index in [4.69, 9.17) is 0 Å². The van der Waals surface area contributed by atoms with Gasteiger partial charge >= 0.3 is 0 Å². The van der Waals surface area contributed by atoms with E-state index >= 15 is 0 Å². The van der Waals surface area contributed by atoms with Crippen LogP contribution in [0.4, 0.5) is 10.1 Å². The Morgan fingerprint density at radius 1 is 1.11 bits per heavy atom. The lowest BCUT2D eigenvalue weighted by atomic mass is 9.78. The fourth-order valence-corrected chi connectivity index (χ4v) is 4.16. The molecule has 2 aromatic carbocycles. The molecule has 6 heteroatoms. The Bertz CT molecular complexity index is 861. The van der Waals surface area contributed by atoms with Crippen molar-refractivity contribution in [2.75, 3.05) is 11.9 Å². The summed E-state index contributed by atoms with van der Waals surface area (Å²) in [5, 5.41) is 5.80. The van der Waals surface area contributed by atoms with E-state index in [9.17, 15) is 14.0 Å². The van der Waals surface area contributed by atoms with Crippen LogP contribution in [0.1, 0.15) is 43.2 Å². The largest absolute Gasteiger partial charge is 0.355 e. The van der Waals surface area contributed by atoms with Crippen LogP contribution in [0.2, 0.25) is 0 Å². The number of rotatable bonds is 6. The summed E-state index contributed by atoms with van der Waals surface area (Å²) in [7, 11) is 0. The van der Waals surface area contributed by atoms with Gasteiger partial charge in [0.1, 0.15) is 5.82 Å². The van der Waals surface area contributed by atoms with Crippen LogP contribution in [-0.2, 0) is 15.0 Å². The van der Waals surface area contributed by atoms with Crippen molar-refractivity contribution < 1.29 is 14.0 Å². The molecule has 0 aromatic heterocycles. The molecule has 2 N–H and O–H groups in total. The summed E-state index contributed by atoms with van der Waals surface area (Å²) in [4.78, 5) is 25.2. The lowest BCUT2D eigenvalue weighted by molar-refractivity contribution is -0.126. The third-order valence-corrected chi connectivity index (χ3v) is 5.89.